The monoisotopic (exact) mass is 354 g/mol. The van der Waals surface area contributed by atoms with E-state index in [1.165, 1.54) is 0 Å². The van der Waals surface area contributed by atoms with E-state index in [2.05, 4.69) is 0 Å². The summed E-state index contributed by atoms with van der Waals surface area (Å²) in [5.41, 5.74) is 0. The van der Waals surface area contributed by atoms with Gasteiger partial charge in [-0.1, -0.05) is 0 Å². The minimum absolute atomic E-state index is 0.280. The summed E-state index contributed by atoms with van der Waals surface area (Å²) in [6.07, 6.45) is 6.49. The summed E-state index contributed by atoms with van der Waals surface area (Å²) in [7, 11) is 0. The first kappa shape index (κ1) is 18.7. The molecule has 0 aliphatic rings. The molecule has 9 heteroatoms. The van der Waals surface area contributed by atoms with Crippen molar-refractivity contribution in [3.63, 3.8) is 0 Å². The third-order valence-electron chi connectivity index (χ3n) is 3.20. The molecule has 0 saturated heterocycles. The Hall–Kier alpha value is -2.30. The van der Waals surface area contributed by atoms with Crippen LogP contribution in [0.15, 0.2) is 0 Å². The van der Waals surface area contributed by atoms with Crippen LogP contribution in [-0.4, -0.2) is 39.7 Å². The Morgan fingerprint density at radius 2 is 0.762 bits per heavy atom. The predicted octanol–water partition coefficient (Wildman–Crippen LogP) is 1.43. The van der Waals surface area contributed by atoms with Crippen molar-refractivity contribution in [1.29, 1.82) is 21.0 Å². The van der Waals surface area contributed by atoms with Gasteiger partial charge in [-0.3, -0.25) is 0 Å². The molecule has 0 N–H and O–H groups in total. The zero-order chi connectivity index (χ0) is 15.8. The van der Waals surface area contributed by atoms with E-state index in [4.69, 9.17) is 40.0 Å². The average Bonchev–Trinajstić information content (AvgIpc) is 2.48. The maximum absolute atomic E-state index is 8.45. The predicted molar refractivity (Wildman–Crippen MR) is 71.2 cm³/mol. The van der Waals surface area contributed by atoms with Gasteiger partial charge in [-0.25, -0.2) is 0 Å². The number of nitrogens with zero attached hydrogens (tertiary/aromatic N) is 4. The van der Waals surface area contributed by atoms with Gasteiger partial charge < -0.3 is 0 Å². The van der Waals surface area contributed by atoms with Gasteiger partial charge in [-0.2, -0.15) is 0 Å². The van der Waals surface area contributed by atoms with Gasteiger partial charge in [0, 0.05) is 0 Å². The van der Waals surface area contributed by atoms with Gasteiger partial charge in [-0.15, -0.1) is 0 Å². The van der Waals surface area contributed by atoms with E-state index >= 15 is 0 Å². The van der Waals surface area contributed by atoms with E-state index in [1.54, 1.807) is 25.0 Å². The first-order valence-electron chi connectivity index (χ1n) is 6.28. The Morgan fingerprint density at radius 3 is 0.952 bits per heavy atom. The van der Waals surface area contributed by atoms with E-state index in [-0.39, 0.29) is 26.4 Å². The van der Waals surface area contributed by atoms with E-state index in [1.807, 2.05) is 0 Å². The summed E-state index contributed by atoms with van der Waals surface area (Å²) in [4.78, 5) is 0. The van der Waals surface area contributed by atoms with Gasteiger partial charge >= 0.3 is 126 Å². The van der Waals surface area contributed by atoms with Crippen molar-refractivity contribution in [1.82, 2.24) is 0 Å². The van der Waals surface area contributed by atoms with Crippen LogP contribution in [0.3, 0.4) is 0 Å². The zero-order valence-electron chi connectivity index (χ0n) is 11.6. The van der Waals surface area contributed by atoms with E-state index in [9.17, 15) is 0 Å². The minimum atomic E-state index is -2.63. The summed E-state index contributed by atoms with van der Waals surface area (Å²) in [6, 6.07) is 0. The quantitative estimate of drug-likeness (QED) is 0.292. The summed E-state index contributed by atoms with van der Waals surface area (Å²) in [6.45, 7) is 1.12. The molecule has 0 radical (unpaired) electrons. The van der Waals surface area contributed by atoms with Crippen molar-refractivity contribution in [2.45, 2.75) is 21.0 Å². The second kappa shape index (κ2) is 12.7. The summed E-state index contributed by atoms with van der Waals surface area (Å²) >= 11 is -2.63. The van der Waals surface area contributed by atoms with Gasteiger partial charge in [-0.05, 0) is 0 Å². The van der Waals surface area contributed by atoms with Crippen LogP contribution in [0.4, 0.5) is 0 Å². The van der Waals surface area contributed by atoms with Crippen molar-refractivity contribution < 1.29 is 18.9 Å². The van der Waals surface area contributed by atoms with E-state index < -0.39 is 13.3 Å². The molecular weight excluding hydrogens is 337 g/mol. The number of hydrogen-bond acceptors (Lipinski definition) is 8. The molecule has 0 rings (SSSR count). The van der Waals surface area contributed by atoms with E-state index in [0.717, 1.165) is 0 Å². The van der Waals surface area contributed by atoms with Crippen LogP contribution in [-0.2, 0) is 18.9 Å². The third-order valence-corrected chi connectivity index (χ3v) is 13.8. The standard InChI is InChI=1S/C12H16GeN4O4/c14-9-18-5-1-13(2-6-19-10-15,3-7-20-11-16)4-8-21-12-17/h1-8H2. The Kier molecular flexibility index (Phi) is 11.3. The molecule has 0 aliphatic heterocycles. The second-order valence-corrected chi connectivity index (χ2v) is 14.7. The number of rotatable bonds is 12. The average molecular weight is 353 g/mol. The maximum atomic E-state index is 8.45. The molecular formula is C12H16GeN4O4. The summed E-state index contributed by atoms with van der Waals surface area (Å²) in [5.74, 6) is 0. The van der Waals surface area contributed by atoms with Crippen LogP contribution in [0.1, 0.15) is 0 Å². The molecule has 0 unspecified atom stereocenters. The van der Waals surface area contributed by atoms with Gasteiger partial charge in [0.2, 0.25) is 0 Å². The molecule has 0 amide bonds. The number of hydrogen-bond donors (Lipinski definition) is 0. The fourth-order valence-corrected chi connectivity index (χ4v) is 9.64. The van der Waals surface area contributed by atoms with Crippen LogP contribution in [0.2, 0.25) is 21.0 Å². The Morgan fingerprint density at radius 1 is 0.524 bits per heavy atom. The van der Waals surface area contributed by atoms with Crippen LogP contribution in [0, 0.1) is 46.1 Å². The topological polar surface area (TPSA) is 132 Å². The Balaban J connectivity index is 4.71. The normalized spacial score (nSPS) is 9.33. The van der Waals surface area contributed by atoms with Crippen LogP contribution < -0.4 is 0 Å². The van der Waals surface area contributed by atoms with Crippen LogP contribution in [0.5, 0.6) is 0 Å². The van der Waals surface area contributed by atoms with Gasteiger partial charge in [0.25, 0.3) is 0 Å². The third kappa shape index (κ3) is 9.27. The number of ether oxygens (including phenoxy) is 4. The molecule has 8 nitrogen and oxygen atoms in total. The Labute approximate surface area is 126 Å². The van der Waals surface area contributed by atoms with Crippen LogP contribution in [0.25, 0.3) is 0 Å². The van der Waals surface area contributed by atoms with Crippen molar-refractivity contribution in [3.8, 4) is 25.0 Å². The molecule has 0 bridgehead atoms. The van der Waals surface area contributed by atoms with Crippen LogP contribution >= 0.6 is 0 Å². The molecule has 0 fully saturated rings. The summed E-state index contributed by atoms with van der Waals surface area (Å²) in [5, 5.41) is 36.5. The molecule has 0 atom stereocenters. The van der Waals surface area contributed by atoms with Crippen molar-refractivity contribution in [2.24, 2.45) is 0 Å². The molecule has 112 valence electrons. The second-order valence-electron chi connectivity index (χ2n) is 4.26. The van der Waals surface area contributed by atoms with E-state index in [0.29, 0.717) is 21.0 Å². The molecule has 0 aliphatic carbocycles. The molecule has 0 aromatic heterocycles. The van der Waals surface area contributed by atoms with Crippen molar-refractivity contribution in [3.05, 3.63) is 0 Å². The first-order valence-corrected chi connectivity index (χ1v) is 12.2. The molecule has 0 heterocycles. The first-order chi connectivity index (χ1) is 10.2. The van der Waals surface area contributed by atoms with Crippen molar-refractivity contribution in [2.75, 3.05) is 26.4 Å². The summed E-state index contributed by atoms with van der Waals surface area (Å²) < 4.78 is 19.0. The zero-order valence-corrected chi connectivity index (χ0v) is 13.7. The molecule has 21 heavy (non-hydrogen) atoms. The van der Waals surface area contributed by atoms with Gasteiger partial charge in [0.15, 0.2) is 0 Å². The fraction of sp³-hybridized carbons (Fsp3) is 0.667. The molecule has 0 spiro atoms. The number of nitriles is 4. The molecule has 0 saturated carbocycles. The Bertz CT molecular complexity index is 361. The van der Waals surface area contributed by atoms with Gasteiger partial charge in [0.1, 0.15) is 0 Å². The van der Waals surface area contributed by atoms with Crippen molar-refractivity contribution >= 4 is 13.3 Å². The SMILES string of the molecule is N#COC[CH2][Ge]([CH2]COC#N)([CH2]COC#N)[CH2]COC#N. The molecule has 0 aromatic rings. The fourth-order valence-electron chi connectivity index (χ4n) is 2.00. The molecule has 0 aromatic carbocycles. The van der Waals surface area contributed by atoms with Gasteiger partial charge in [0.05, 0.1) is 0 Å².